The van der Waals surface area contributed by atoms with Crippen LogP contribution in [-0.2, 0) is 17.9 Å². The molecule has 2 N–H and O–H groups in total. The molecule has 0 aliphatic rings. The largest absolute Gasteiger partial charge is 0.394 e. The van der Waals surface area contributed by atoms with Gasteiger partial charge in [-0.1, -0.05) is 37.6 Å². The third kappa shape index (κ3) is 4.80. The number of hydrogen-bond acceptors (Lipinski definition) is 5. The number of rotatable bonds is 8. The first-order valence-electron chi connectivity index (χ1n) is 9.36. The molecule has 1 amide bonds. The molecule has 7 nitrogen and oxygen atoms in total. The van der Waals surface area contributed by atoms with Gasteiger partial charge >= 0.3 is 5.69 Å². The number of aromatic nitrogens is 3. The molecule has 0 saturated carbocycles. The molecule has 1 unspecified atom stereocenters. The van der Waals surface area contributed by atoms with Crippen LogP contribution < -0.4 is 11.0 Å². The standard InChI is InChI=1S/C20H22ClFN4O3S/c1-12(2)8-25-19(13-6-7-30-11-13)24-26(20(25)29)9-17(28)23-16(10-27)14-4-3-5-15(21)18(14)22/h3-7,11-12,16,27H,8-10H2,1-2H3,(H,23,28). The van der Waals surface area contributed by atoms with Crippen LogP contribution in [0.1, 0.15) is 25.5 Å². The smallest absolute Gasteiger partial charge is 0.346 e. The number of nitrogens with zero attached hydrogens (tertiary/aromatic N) is 3. The van der Waals surface area contributed by atoms with E-state index in [0.29, 0.717) is 12.4 Å². The average Bonchev–Trinajstić information content (AvgIpc) is 3.32. The lowest BCUT2D eigenvalue weighted by Crippen LogP contribution is -2.37. The molecule has 0 radical (unpaired) electrons. The van der Waals surface area contributed by atoms with Gasteiger partial charge in [-0.2, -0.15) is 11.3 Å². The fourth-order valence-corrected chi connectivity index (χ4v) is 3.88. The van der Waals surface area contributed by atoms with Gasteiger partial charge in [0.25, 0.3) is 0 Å². The molecule has 160 valence electrons. The van der Waals surface area contributed by atoms with Gasteiger partial charge in [-0.25, -0.2) is 13.9 Å². The molecule has 0 aliphatic heterocycles. The summed E-state index contributed by atoms with van der Waals surface area (Å²) >= 11 is 7.27. The predicted octanol–water partition coefficient (Wildman–Crippen LogP) is 3.07. The highest BCUT2D eigenvalue weighted by molar-refractivity contribution is 7.08. The molecule has 2 heterocycles. The normalized spacial score (nSPS) is 12.3. The van der Waals surface area contributed by atoms with Crippen LogP contribution in [0.15, 0.2) is 39.8 Å². The molecule has 0 aliphatic carbocycles. The van der Waals surface area contributed by atoms with E-state index in [4.69, 9.17) is 11.6 Å². The van der Waals surface area contributed by atoms with Gasteiger partial charge in [0.05, 0.1) is 17.7 Å². The van der Waals surface area contributed by atoms with E-state index in [0.717, 1.165) is 10.2 Å². The molecule has 0 spiro atoms. The van der Waals surface area contributed by atoms with E-state index < -0.39 is 30.1 Å². The summed E-state index contributed by atoms with van der Waals surface area (Å²) < 4.78 is 16.9. The first-order chi connectivity index (χ1) is 14.3. The Kier molecular flexibility index (Phi) is 7.06. The van der Waals surface area contributed by atoms with E-state index >= 15 is 0 Å². The molecule has 10 heteroatoms. The van der Waals surface area contributed by atoms with Gasteiger partial charge in [0.1, 0.15) is 12.4 Å². The van der Waals surface area contributed by atoms with E-state index in [1.807, 2.05) is 30.7 Å². The van der Waals surface area contributed by atoms with Crippen molar-refractivity contribution in [2.45, 2.75) is 33.0 Å². The fraction of sp³-hybridized carbons (Fsp3) is 0.350. The third-order valence-electron chi connectivity index (χ3n) is 4.42. The van der Waals surface area contributed by atoms with Crippen molar-refractivity contribution in [3.8, 4) is 11.4 Å². The molecule has 0 bridgehead atoms. The Hall–Kier alpha value is -2.49. The summed E-state index contributed by atoms with van der Waals surface area (Å²) in [6.07, 6.45) is 0. The minimum absolute atomic E-state index is 0.0648. The van der Waals surface area contributed by atoms with E-state index in [1.165, 1.54) is 29.5 Å². The van der Waals surface area contributed by atoms with Crippen LogP contribution in [0.3, 0.4) is 0 Å². The van der Waals surface area contributed by atoms with Crippen molar-refractivity contribution in [1.29, 1.82) is 0 Å². The van der Waals surface area contributed by atoms with Gasteiger partial charge in [0.2, 0.25) is 5.91 Å². The Labute approximate surface area is 181 Å². The molecule has 3 rings (SSSR count). The van der Waals surface area contributed by atoms with Crippen molar-refractivity contribution in [2.24, 2.45) is 5.92 Å². The maximum atomic E-state index is 14.3. The van der Waals surface area contributed by atoms with Crippen LogP contribution in [-0.4, -0.2) is 32.0 Å². The number of benzene rings is 1. The van der Waals surface area contributed by atoms with Crippen molar-refractivity contribution in [3.05, 3.63) is 61.9 Å². The number of hydrogen-bond donors (Lipinski definition) is 2. The number of halogens is 2. The summed E-state index contributed by atoms with van der Waals surface area (Å²) in [6.45, 7) is 3.54. The second-order valence-electron chi connectivity index (χ2n) is 7.23. The maximum Gasteiger partial charge on any atom is 0.346 e. The van der Waals surface area contributed by atoms with Crippen molar-refractivity contribution in [3.63, 3.8) is 0 Å². The van der Waals surface area contributed by atoms with Crippen LogP contribution in [0.4, 0.5) is 4.39 Å². The van der Waals surface area contributed by atoms with Crippen LogP contribution in [0.2, 0.25) is 5.02 Å². The molecule has 3 aromatic rings. The highest BCUT2D eigenvalue weighted by Gasteiger charge is 2.22. The third-order valence-corrected chi connectivity index (χ3v) is 5.39. The zero-order chi connectivity index (χ0) is 21.8. The topological polar surface area (TPSA) is 89.2 Å². The number of aliphatic hydroxyl groups is 1. The van der Waals surface area contributed by atoms with Crippen LogP contribution in [0, 0.1) is 11.7 Å². The Morgan fingerprint density at radius 1 is 1.37 bits per heavy atom. The Bertz CT molecular complexity index is 1080. The van der Waals surface area contributed by atoms with Crippen LogP contribution >= 0.6 is 22.9 Å². The van der Waals surface area contributed by atoms with Crippen molar-refractivity contribution in [1.82, 2.24) is 19.7 Å². The first kappa shape index (κ1) is 22.2. The van der Waals surface area contributed by atoms with Crippen molar-refractivity contribution in [2.75, 3.05) is 6.61 Å². The second kappa shape index (κ2) is 9.55. The van der Waals surface area contributed by atoms with Crippen LogP contribution in [0.25, 0.3) is 11.4 Å². The van der Waals surface area contributed by atoms with Gasteiger partial charge in [-0.05, 0) is 23.4 Å². The van der Waals surface area contributed by atoms with E-state index in [-0.39, 0.29) is 23.0 Å². The molecule has 1 atom stereocenters. The lowest BCUT2D eigenvalue weighted by atomic mass is 10.1. The monoisotopic (exact) mass is 452 g/mol. The number of thiophene rings is 1. The van der Waals surface area contributed by atoms with Gasteiger partial charge in [-0.15, -0.1) is 5.10 Å². The highest BCUT2D eigenvalue weighted by atomic mass is 35.5. The lowest BCUT2D eigenvalue weighted by molar-refractivity contribution is -0.123. The highest BCUT2D eigenvalue weighted by Crippen LogP contribution is 2.23. The fourth-order valence-electron chi connectivity index (χ4n) is 3.07. The minimum Gasteiger partial charge on any atom is -0.394 e. The van der Waals surface area contributed by atoms with Crippen molar-refractivity contribution < 1.29 is 14.3 Å². The first-order valence-corrected chi connectivity index (χ1v) is 10.7. The maximum absolute atomic E-state index is 14.3. The molecule has 1 aromatic carbocycles. The Morgan fingerprint density at radius 3 is 2.77 bits per heavy atom. The predicted molar refractivity (Wildman–Crippen MR) is 114 cm³/mol. The Morgan fingerprint density at radius 2 is 2.13 bits per heavy atom. The number of carbonyl (C=O) groups is 1. The number of aliphatic hydroxyl groups excluding tert-OH is 1. The summed E-state index contributed by atoms with van der Waals surface area (Å²) in [5.74, 6) is -0.600. The number of nitrogens with one attached hydrogen (secondary N) is 1. The zero-order valence-electron chi connectivity index (χ0n) is 16.5. The Balaban J connectivity index is 1.84. The van der Waals surface area contributed by atoms with Crippen LogP contribution in [0.5, 0.6) is 0 Å². The molecule has 30 heavy (non-hydrogen) atoms. The summed E-state index contributed by atoms with van der Waals surface area (Å²) in [5.41, 5.74) is 0.454. The van der Waals surface area contributed by atoms with E-state index in [2.05, 4.69) is 10.4 Å². The van der Waals surface area contributed by atoms with E-state index in [1.54, 1.807) is 4.57 Å². The minimum atomic E-state index is -0.999. The molecular weight excluding hydrogens is 431 g/mol. The number of amides is 1. The second-order valence-corrected chi connectivity index (χ2v) is 8.41. The number of carbonyl (C=O) groups excluding carboxylic acids is 1. The average molecular weight is 453 g/mol. The van der Waals surface area contributed by atoms with Crippen molar-refractivity contribution >= 4 is 28.8 Å². The van der Waals surface area contributed by atoms with Gasteiger partial charge < -0.3 is 10.4 Å². The quantitative estimate of drug-likeness (QED) is 0.549. The summed E-state index contributed by atoms with van der Waals surface area (Å²) in [6, 6.07) is 5.20. The zero-order valence-corrected chi connectivity index (χ0v) is 18.1. The SMILES string of the molecule is CC(C)Cn1c(-c2ccsc2)nn(CC(=O)NC(CO)c2cccc(Cl)c2F)c1=O. The van der Waals surface area contributed by atoms with Gasteiger partial charge in [0.15, 0.2) is 5.82 Å². The molecule has 0 saturated heterocycles. The summed E-state index contributed by atoms with van der Waals surface area (Å²) in [7, 11) is 0. The molecule has 2 aromatic heterocycles. The molecule has 0 fully saturated rings. The summed E-state index contributed by atoms with van der Waals surface area (Å²) in [4.78, 5) is 25.4. The van der Waals surface area contributed by atoms with Gasteiger partial charge in [0, 0.05) is 23.1 Å². The lowest BCUT2D eigenvalue weighted by Gasteiger charge is -2.17. The van der Waals surface area contributed by atoms with E-state index in [9.17, 15) is 19.1 Å². The van der Waals surface area contributed by atoms with Gasteiger partial charge in [-0.3, -0.25) is 9.36 Å². The summed E-state index contributed by atoms with van der Waals surface area (Å²) in [5, 5.41) is 20.2. The molecular formula is C20H22ClFN4O3S.